The summed E-state index contributed by atoms with van der Waals surface area (Å²) in [6.07, 6.45) is 2.69. The molecule has 0 bridgehead atoms. The van der Waals surface area contributed by atoms with E-state index in [0.717, 1.165) is 10.5 Å². The van der Waals surface area contributed by atoms with Crippen LogP contribution in [0.3, 0.4) is 0 Å². The van der Waals surface area contributed by atoms with E-state index in [-0.39, 0.29) is 6.10 Å². The first kappa shape index (κ1) is 10.8. The summed E-state index contributed by atoms with van der Waals surface area (Å²) in [4.78, 5) is 15.2. The third-order valence-corrected chi connectivity index (χ3v) is 3.66. The minimum Gasteiger partial charge on any atom is -0.391 e. The number of alkyl halides is 1. The van der Waals surface area contributed by atoms with Crippen LogP contribution in [0, 0.1) is 0 Å². The number of aliphatic hydroxyl groups excluding tert-OH is 1. The molecule has 2 N–H and O–H groups in total. The average Bonchev–Trinajstić information content (AvgIpc) is 2.74. The lowest BCUT2D eigenvalue weighted by Crippen LogP contribution is -2.11. The molecule has 0 aliphatic heterocycles. The van der Waals surface area contributed by atoms with Gasteiger partial charge < -0.3 is 10.1 Å². The van der Waals surface area contributed by atoms with Gasteiger partial charge in [-0.25, -0.2) is 15.0 Å². The largest absolute Gasteiger partial charge is 0.391 e. The van der Waals surface area contributed by atoms with Gasteiger partial charge in [0, 0.05) is 11.1 Å². The van der Waals surface area contributed by atoms with Crippen molar-refractivity contribution >= 4 is 38.9 Å². The second-order valence-electron chi connectivity index (χ2n) is 2.90. The van der Waals surface area contributed by atoms with E-state index in [4.69, 9.17) is 0 Å². The second kappa shape index (κ2) is 4.91. The lowest BCUT2D eigenvalue weighted by Gasteiger charge is -2.05. The molecular weight excluding hydrogens is 280 g/mol. The molecule has 0 aliphatic carbocycles. The van der Waals surface area contributed by atoms with Crippen LogP contribution in [0.5, 0.6) is 0 Å². The number of aromatic amines is 1. The van der Waals surface area contributed by atoms with E-state index in [9.17, 15) is 5.11 Å². The third-order valence-electron chi connectivity index (χ3n) is 1.78. The molecule has 2 heterocycles. The lowest BCUT2D eigenvalue weighted by molar-refractivity contribution is 0.226. The second-order valence-corrected chi connectivity index (χ2v) is 4.56. The van der Waals surface area contributed by atoms with Crippen LogP contribution in [-0.2, 0) is 0 Å². The third kappa shape index (κ3) is 2.47. The molecule has 1 unspecified atom stereocenters. The highest BCUT2D eigenvalue weighted by atomic mass is 79.9. The Kier molecular flexibility index (Phi) is 3.55. The van der Waals surface area contributed by atoms with Gasteiger partial charge in [-0.05, 0) is 0 Å². The van der Waals surface area contributed by atoms with E-state index >= 15 is 0 Å². The van der Waals surface area contributed by atoms with Crippen molar-refractivity contribution in [2.45, 2.75) is 11.1 Å². The summed E-state index contributed by atoms with van der Waals surface area (Å²) >= 11 is 4.70. The van der Waals surface area contributed by atoms with Gasteiger partial charge in [-0.15, -0.1) is 11.8 Å². The van der Waals surface area contributed by atoms with E-state index in [1.54, 1.807) is 6.33 Å². The molecule has 0 fully saturated rings. The molecule has 0 aromatic carbocycles. The van der Waals surface area contributed by atoms with Crippen molar-refractivity contribution in [3.63, 3.8) is 0 Å². The zero-order valence-electron chi connectivity index (χ0n) is 7.72. The minimum atomic E-state index is -0.372. The summed E-state index contributed by atoms with van der Waals surface area (Å²) in [5, 5.41) is 10.8. The minimum absolute atomic E-state index is 0.372. The van der Waals surface area contributed by atoms with Crippen LogP contribution in [-0.4, -0.2) is 42.2 Å². The summed E-state index contributed by atoms with van der Waals surface area (Å²) in [6, 6.07) is 0. The van der Waals surface area contributed by atoms with Crippen molar-refractivity contribution in [1.29, 1.82) is 0 Å². The molecular formula is C8H9BrN4OS. The fourth-order valence-corrected chi connectivity index (χ4v) is 2.49. The van der Waals surface area contributed by atoms with Gasteiger partial charge in [-0.2, -0.15) is 0 Å². The molecule has 2 aromatic rings. The number of imidazole rings is 1. The number of aromatic nitrogens is 4. The van der Waals surface area contributed by atoms with Crippen molar-refractivity contribution in [3.05, 3.63) is 12.7 Å². The number of hydrogen-bond donors (Lipinski definition) is 2. The molecule has 1 atom stereocenters. The molecule has 0 amide bonds. The van der Waals surface area contributed by atoms with E-state index in [1.165, 1.54) is 18.1 Å². The number of aliphatic hydroxyl groups is 1. The highest BCUT2D eigenvalue weighted by Gasteiger charge is 2.08. The Hall–Kier alpha value is -0.660. The highest BCUT2D eigenvalue weighted by molar-refractivity contribution is 9.09. The maximum atomic E-state index is 9.40. The van der Waals surface area contributed by atoms with Crippen LogP contribution >= 0.6 is 27.7 Å². The van der Waals surface area contributed by atoms with Gasteiger partial charge in [-0.1, -0.05) is 15.9 Å². The van der Waals surface area contributed by atoms with Crippen molar-refractivity contribution in [1.82, 2.24) is 19.9 Å². The van der Waals surface area contributed by atoms with E-state index in [0.29, 0.717) is 16.7 Å². The molecule has 0 aliphatic rings. The predicted octanol–water partition coefficient (Wildman–Crippen LogP) is 1.20. The molecule has 0 radical (unpaired) electrons. The molecule has 0 saturated carbocycles. The smallest absolute Gasteiger partial charge is 0.181 e. The number of nitrogens with zero attached hydrogens (tertiary/aromatic N) is 3. The Balaban J connectivity index is 2.17. The van der Waals surface area contributed by atoms with Gasteiger partial charge in [0.2, 0.25) is 0 Å². The number of nitrogens with one attached hydrogen (secondary N) is 1. The number of H-pyrrole nitrogens is 1. The van der Waals surface area contributed by atoms with Crippen molar-refractivity contribution in [2.24, 2.45) is 0 Å². The first-order valence-corrected chi connectivity index (χ1v) is 6.43. The van der Waals surface area contributed by atoms with Gasteiger partial charge >= 0.3 is 0 Å². The Morgan fingerprint density at radius 1 is 1.47 bits per heavy atom. The standard InChI is InChI=1S/C8H9BrN4OS/c9-1-5(14)2-15-8-6-7(11-3-10-6)12-4-13-8/h3-5,14H,1-2H2,(H,10,11,12,13). The Morgan fingerprint density at radius 3 is 3.13 bits per heavy atom. The quantitative estimate of drug-likeness (QED) is 0.502. The van der Waals surface area contributed by atoms with Gasteiger partial charge in [0.15, 0.2) is 5.65 Å². The van der Waals surface area contributed by atoms with Crippen LogP contribution < -0.4 is 0 Å². The van der Waals surface area contributed by atoms with Crippen molar-refractivity contribution in [3.8, 4) is 0 Å². The molecule has 2 rings (SSSR count). The topological polar surface area (TPSA) is 74.7 Å². The van der Waals surface area contributed by atoms with Crippen LogP contribution in [0.4, 0.5) is 0 Å². The normalized spacial score (nSPS) is 13.2. The summed E-state index contributed by atoms with van der Waals surface area (Å²) in [5.41, 5.74) is 1.48. The molecule has 7 heteroatoms. The van der Waals surface area contributed by atoms with Gasteiger partial charge in [-0.3, -0.25) is 0 Å². The first-order chi connectivity index (χ1) is 7.31. The van der Waals surface area contributed by atoms with E-state index in [2.05, 4.69) is 35.9 Å². The zero-order valence-corrected chi connectivity index (χ0v) is 10.1. The monoisotopic (exact) mass is 288 g/mol. The number of fused-ring (bicyclic) bond motifs is 1. The summed E-state index contributed by atoms with van der Waals surface area (Å²) in [5.74, 6) is 0.594. The SMILES string of the molecule is OC(CBr)CSc1ncnc2nc[nH]c12. The van der Waals surface area contributed by atoms with Crippen LogP contribution in [0.15, 0.2) is 17.7 Å². The molecule has 2 aromatic heterocycles. The van der Waals surface area contributed by atoms with Gasteiger partial charge in [0.1, 0.15) is 16.9 Å². The van der Waals surface area contributed by atoms with Crippen LogP contribution in [0.2, 0.25) is 0 Å². The number of thioether (sulfide) groups is 1. The molecule has 15 heavy (non-hydrogen) atoms. The summed E-state index contributed by atoms with van der Waals surface area (Å²) < 4.78 is 0. The van der Waals surface area contributed by atoms with Crippen LogP contribution in [0.1, 0.15) is 0 Å². The number of halogens is 1. The average molecular weight is 289 g/mol. The zero-order chi connectivity index (χ0) is 10.7. The molecule has 80 valence electrons. The Morgan fingerprint density at radius 2 is 2.33 bits per heavy atom. The maximum Gasteiger partial charge on any atom is 0.181 e. The van der Waals surface area contributed by atoms with Crippen LogP contribution in [0.25, 0.3) is 11.2 Å². The lowest BCUT2D eigenvalue weighted by atomic mass is 10.5. The van der Waals surface area contributed by atoms with Crippen molar-refractivity contribution in [2.75, 3.05) is 11.1 Å². The van der Waals surface area contributed by atoms with Gasteiger partial charge in [0.25, 0.3) is 0 Å². The number of hydrogen-bond acceptors (Lipinski definition) is 5. The summed E-state index contributed by atoms with van der Waals surface area (Å²) in [6.45, 7) is 0. The summed E-state index contributed by atoms with van der Waals surface area (Å²) in [7, 11) is 0. The fraction of sp³-hybridized carbons (Fsp3) is 0.375. The van der Waals surface area contributed by atoms with Gasteiger partial charge in [0.05, 0.1) is 12.4 Å². The van der Waals surface area contributed by atoms with E-state index < -0.39 is 0 Å². The van der Waals surface area contributed by atoms with Crippen molar-refractivity contribution < 1.29 is 5.11 Å². The first-order valence-electron chi connectivity index (χ1n) is 4.32. The molecule has 0 saturated heterocycles. The fourth-order valence-electron chi connectivity index (χ4n) is 1.07. The number of rotatable bonds is 4. The Labute approximate surface area is 98.9 Å². The van der Waals surface area contributed by atoms with E-state index in [1.807, 2.05) is 0 Å². The maximum absolute atomic E-state index is 9.40. The Bertz CT molecular complexity index is 449. The molecule has 0 spiro atoms. The predicted molar refractivity (Wildman–Crippen MR) is 62.2 cm³/mol. The molecule has 5 nitrogen and oxygen atoms in total. The highest BCUT2D eigenvalue weighted by Crippen LogP contribution is 2.22.